The van der Waals surface area contributed by atoms with Crippen LogP contribution < -0.4 is 5.32 Å². The van der Waals surface area contributed by atoms with Gasteiger partial charge >= 0.3 is 0 Å². The van der Waals surface area contributed by atoms with Gasteiger partial charge in [-0.3, -0.25) is 14.9 Å². The maximum absolute atomic E-state index is 13.0. The van der Waals surface area contributed by atoms with E-state index in [9.17, 15) is 9.59 Å². The number of imide groups is 1. The minimum atomic E-state index is -0.294. The van der Waals surface area contributed by atoms with E-state index in [1.807, 2.05) is 0 Å². The van der Waals surface area contributed by atoms with Gasteiger partial charge in [0.25, 0.3) is 11.8 Å². The molecule has 31 heavy (non-hydrogen) atoms. The van der Waals surface area contributed by atoms with Crippen molar-refractivity contribution < 1.29 is 9.59 Å². The Hall–Kier alpha value is -3.60. The molecule has 0 aliphatic carbocycles. The molecule has 0 saturated carbocycles. The highest BCUT2D eigenvalue weighted by Gasteiger charge is 2.36. The van der Waals surface area contributed by atoms with Gasteiger partial charge in [0, 0.05) is 33.6 Å². The average Bonchev–Trinajstić information content (AvgIpc) is 3.39. The predicted octanol–water partition coefficient (Wildman–Crippen LogP) is 5.21. The molecule has 5 nitrogen and oxygen atoms in total. The van der Waals surface area contributed by atoms with Gasteiger partial charge in [-0.1, -0.05) is 43.7 Å². The molecule has 0 unspecified atom stereocenters. The van der Waals surface area contributed by atoms with E-state index in [0.717, 1.165) is 70.3 Å². The van der Waals surface area contributed by atoms with Crippen LogP contribution in [0.15, 0.2) is 36.4 Å². The van der Waals surface area contributed by atoms with Gasteiger partial charge < -0.3 is 9.55 Å². The SMILES string of the molecule is CCCc1ccc2c(c1)[nH]c1c2c2c(c3c4cccc5c4n(c13)CCC5)C(=O)NC2=O. The van der Waals surface area contributed by atoms with Crippen molar-refractivity contribution in [2.24, 2.45) is 0 Å². The van der Waals surface area contributed by atoms with Crippen LogP contribution in [0.3, 0.4) is 0 Å². The maximum atomic E-state index is 13.0. The van der Waals surface area contributed by atoms with Gasteiger partial charge in [-0.25, -0.2) is 0 Å². The number of hydrogen-bond donors (Lipinski definition) is 2. The van der Waals surface area contributed by atoms with Crippen LogP contribution >= 0.6 is 0 Å². The fourth-order valence-electron chi connectivity index (χ4n) is 5.91. The molecule has 0 radical (unpaired) electrons. The number of nitrogens with zero attached hydrogens (tertiary/aromatic N) is 1. The highest BCUT2D eigenvalue weighted by atomic mass is 16.2. The molecule has 152 valence electrons. The number of nitrogens with one attached hydrogen (secondary N) is 2. The first-order valence-corrected chi connectivity index (χ1v) is 11.1. The van der Waals surface area contributed by atoms with E-state index in [1.165, 1.54) is 16.6 Å². The number of aromatic nitrogens is 2. The minimum absolute atomic E-state index is 0.285. The monoisotopic (exact) mass is 407 g/mol. The summed E-state index contributed by atoms with van der Waals surface area (Å²) in [4.78, 5) is 29.7. The van der Waals surface area contributed by atoms with Crippen molar-refractivity contribution in [1.82, 2.24) is 14.9 Å². The first-order valence-electron chi connectivity index (χ1n) is 11.1. The summed E-state index contributed by atoms with van der Waals surface area (Å²) in [6, 6.07) is 12.8. The molecule has 0 saturated heterocycles. The number of carbonyl (C=O) groups excluding carboxylic acids is 2. The number of benzene rings is 3. The molecule has 2 aliphatic heterocycles. The summed E-state index contributed by atoms with van der Waals surface area (Å²) in [5.74, 6) is -0.579. The quantitative estimate of drug-likeness (QED) is 0.395. The lowest BCUT2D eigenvalue weighted by Gasteiger charge is -2.16. The van der Waals surface area contributed by atoms with E-state index in [-0.39, 0.29) is 11.8 Å². The number of amides is 2. The third-order valence-corrected chi connectivity index (χ3v) is 7.06. The largest absolute Gasteiger partial charge is 0.353 e. The Labute approximate surface area is 178 Å². The second-order valence-corrected chi connectivity index (χ2v) is 8.83. The Morgan fingerprint density at radius 2 is 1.81 bits per heavy atom. The van der Waals surface area contributed by atoms with Gasteiger partial charge in [-0.2, -0.15) is 0 Å². The topological polar surface area (TPSA) is 66.9 Å². The third-order valence-electron chi connectivity index (χ3n) is 7.06. The standard InChI is InChI=1S/C26H21N3O2/c1-2-5-13-9-10-15-17(12-13)27-22-18(15)20-21(26(31)28-25(20)30)19-16-8-3-6-14-7-4-11-29(23(14)16)24(19)22/h3,6,8-10,12,27H,2,4-5,7,11H2,1H3,(H,28,30,31). The Bertz CT molecular complexity index is 1630. The van der Waals surface area contributed by atoms with Crippen LogP contribution in [0, 0.1) is 0 Å². The molecule has 0 bridgehead atoms. The third kappa shape index (κ3) is 2.01. The number of rotatable bonds is 2. The summed E-state index contributed by atoms with van der Waals surface area (Å²) in [5.41, 5.74) is 7.89. The van der Waals surface area contributed by atoms with Crippen molar-refractivity contribution >= 4 is 55.4 Å². The fraction of sp³-hybridized carbons (Fsp3) is 0.231. The number of fused-ring (bicyclic) bond motifs is 10. The van der Waals surface area contributed by atoms with Crippen LogP contribution in [0.2, 0.25) is 0 Å². The Morgan fingerprint density at radius 3 is 2.65 bits per heavy atom. The van der Waals surface area contributed by atoms with E-state index >= 15 is 0 Å². The molecule has 5 heteroatoms. The van der Waals surface area contributed by atoms with Crippen molar-refractivity contribution in [2.45, 2.75) is 39.2 Å². The van der Waals surface area contributed by atoms with E-state index in [1.54, 1.807) is 0 Å². The summed E-state index contributed by atoms with van der Waals surface area (Å²) in [7, 11) is 0. The molecule has 0 atom stereocenters. The zero-order valence-electron chi connectivity index (χ0n) is 17.3. The van der Waals surface area contributed by atoms with Crippen molar-refractivity contribution in [3.8, 4) is 0 Å². The van der Waals surface area contributed by atoms with Crippen LogP contribution in [-0.2, 0) is 19.4 Å². The molecule has 2 aliphatic rings. The first-order chi connectivity index (χ1) is 15.2. The van der Waals surface area contributed by atoms with Gasteiger partial charge in [0.15, 0.2) is 0 Å². The van der Waals surface area contributed by atoms with Crippen LogP contribution in [-0.4, -0.2) is 21.4 Å². The summed E-state index contributed by atoms with van der Waals surface area (Å²) in [5, 5.41) is 6.43. The minimum Gasteiger partial charge on any atom is -0.353 e. The lowest BCUT2D eigenvalue weighted by molar-refractivity contribution is 0.0880. The first kappa shape index (κ1) is 17.1. The van der Waals surface area contributed by atoms with Gasteiger partial charge in [0.2, 0.25) is 0 Å². The highest BCUT2D eigenvalue weighted by molar-refractivity contribution is 6.39. The smallest absolute Gasteiger partial charge is 0.259 e. The lowest BCUT2D eigenvalue weighted by atomic mass is 9.96. The molecule has 7 rings (SSSR count). The molecular weight excluding hydrogens is 386 g/mol. The highest BCUT2D eigenvalue weighted by Crippen LogP contribution is 2.45. The van der Waals surface area contributed by atoms with E-state index < -0.39 is 0 Å². The van der Waals surface area contributed by atoms with Crippen molar-refractivity contribution in [3.05, 3.63) is 58.7 Å². The number of aryl methyl sites for hydroxylation is 3. The van der Waals surface area contributed by atoms with Crippen molar-refractivity contribution in [1.29, 1.82) is 0 Å². The van der Waals surface area contributed by atoms with Crippen LogP contribution in [0.4, 0.5) is 0 Å². The van der Waals surface area contributed by atoms with Gasteiger partial charge in [-0.15, -0.1) is 0 Å². The van der Waals surface area contributed by atoms with E-state index in [0.29, 0.717) is 11.1 Å². The van der Waals surface area contributed by atoms with Crippen LogP contribution in [0.5, 0.6) is 0 Å². The fourth-order valence-corrected chi connectivity index (χ4v) is 5.91. The second-order valence-electron chi connectivity index (χ2n) is 8.83. The molecule has 5 aromatic rings. The van der Waals surface area contributed by atoms with Crippen LogP contribution in [0.1, 0.15) is 51.6 Å². The number of hydrogen-bond acceptors (Lipinski definition) is 2. The number of aromatic amines is 1. The normalized spacial score (nSPS) is 15.5. The maximum Gasteiger partial charge on any atom is 0.259 e. The van der Waals surface area contributed by atoms with Gasteiger partial charge in [0.1, 0.15) is 0 Å². The zero-order chi connectivity index (χ0) is 20.9. The number of H-pyrrole nitrogens is 1. The number of carbonyl (C=O) groups is 2. The van der Waals surface area contributed by atoms with Gasteiger partial charge in [0.05, 0.1) is 27.7 Å². The summed E-state index contributed by atoms with van der Waals surface area (Å²) >= 11 is 0. The molecular formula is C26H21N3O2. The molecule has 2 N–H and O–H groups in total. The average molecular weight is 407 g/mol. The van der Waals surface area contributed by atoms with Gasteiger partial charge in [-0.05, 0) is 36.5 Å². The molecule has 2 aromatic heterocycles. The molecule has 2 amide bonds. The lowest BCUT2D eigenvalue weighted by Crippen LogP contribution is -2.20. The molecule has 0 spiro atoms. The van der Waals surface area contributed by atoms with E-state index in [4.69, 9.17) is 0 Å². The molecule has 4 heterocycles. The molecule has 3 aromatic carbocycles. The Morgan fingerprint density at radius 1 is 0.968 bits per heavy atom. The Balaban J connectivity index is 1.78. The Kier molecular flexibility index (Phi) is 3.18. The summed E-state index contributed by atoms with van der Waals surface area (Å²) in [6.45, 7) is 3.09. The predicted molar refractivity (Wildman–Crippen MR) is 123 cm³/mol. The summed E-state index contributed by atoms with van der Waals surface area (Å²) < 4.78 is 2.37. The second kappa shape index (κ2) is 5.76. The van der Waals surface area contributed by atoms with E-state index in [2.05, 4.69) is 58.2 Å². The van der Waals surface area contributed by atoms with Crippen molar-refractivity contribution in [3.63, 3.8) is 0 Å². The number of para-hydroxylation sites is 1. The zero-order valence-corrected chi connectivity index (χ0v) is 17.3. The van der Waals surface area contributed by atoms with Crippen molar-refractivity contribution in [2.75, 3.05) is 0 Å². The van der Waals surface area contributed by atoms with Crippen LogP contribution in [0.25, 0.3) is 43.6 Å². The summed E-state index contributed by atoms with van der Waals surface area (Å²) in [6.07, 6.45) is 4.21. The molecule has 0 fully saturated rings.